The lowest BCUT2D eigenvalue weighted by atomic mass is 10.1. The first-order valence-corrected chi connectivity index (χ1v) is 5.06. The van der Waals surface area contributed by atoms with Crippen molar-refractivity contribution in [1.82, 2.24) is 0 Å². The van der Waals surface area contributed by atoms with Crippen molar-refractivity contribution in [2.24, 2.45) is 4.99 Å². The van der Waals surface area contributed by atoms with Gasteiger partial charge in [0.15, 0.2) is 0 Å². The molecule has 0 N–H and O–H groups in total. The predicted octanol–water partition coefficient (Wildman–Crippen LogP) is 3.17. The molecule has 0 fully saturated rings. The summed E-state index contributed by atoms with van der Waals surface area (Å²) >= 11 is 4.20. The molecule has 0 saturated heterocycles. The minimum atomic E-state index is 0.887. The van der Waals surface area contributed by atoms with Gasteiger partial charge in [0.2, 0.25) is 0 Å². The third-order valence-corrected chi connectivity index (χ3v) is 2.19. The van der Waals surface area contributed by atoms with Crippen LogP contribution in [0.15, 0.2) is 41.1 Å². The van der Waals surface area contributed by atoms with E-state index in [4.69, 9.17) is 0 Å². The van der Waals surface area contributed by atoms with Crippen LogP contribution < -0.4 is 0 Å². The Bertz CT molecular complexity index is 284. The smallest absolute Gasteiger partial charge is 0.0464 e. The van der Waals surface area contributed by atoms with Gasteiger partial charge in [-0.1, -0.05) is 12.7 Å². The van der Waals surface area contributed by atoms with Crippen molar-refractivity contribution in [2.45, 2.75) is 19.8 Å². The van der Waals surface area contributed by atoms with E-state index in [0.717, 1.165) is 29.9 Å². The molecule has 0 aromatic heterocycles. The molecule has 0 aromatic rings. The van der Waals surface area contributed by atoms with Crippen molar-refractivity contribution in [3.63, 3.8) is 0 Å². The topological polar surface area (TPSA) is 12.4 Å². The first-order chi connectivity index (χ1) is 6.24. The largest absolute Gasteiger partial charge is 0.261 e. The first kappa shape index (κ1) is 10.3. The molecule has 0 atom stereocenters. The summed E-state index contributed by atoms with van der Waals surface area (Å²) in [5.74, 6) is 0.887. The van der Waals surface area contributed by atoms with E-state index in [-0.39, 0.29) is 0 Å². The summed E-state index contributed by atoms with van der Waals surface area (Å²) in [6, 6.07) is 0. The average Bonchev–Trinajstić information content (AvgIpc) is 2.30. The van der Waals surface area contributed by atoms with Gasteiger partial charge in [-0.05, 0) is 36.3 Å². The Morgan fingerprint density at radius 1 is 1.69 bits per heavy atom. The van der Waals surface area contributed by atoms with Crippen LogP contribution in [0, 0.1) is 0 Å². The van der Waals surface area contributed by atoms with E-state index >= 15 is 0 Å². The summed E-state index contributed by atoms with van der Waals surface area (Å²) in [6.07, 6.45) is 8.01. The Hall–Kier alpha value is -0.760. The van der Waals surface area contributed by atoms with Crippen LogP contribution in [-0.2, 0) is 0 Å². The molecular formula is C11H15NS. The van der Waals surface area contributed by atoms with Crippen LogP contribution in [0.4, 0.5) is 0 Å². The van der Waals surface area contributed by atoms with Gasteiger partial charge in [-0.25, -0.2) is 0 Å². The highest BCUT2D eigenvalue weighted by Gasteiger charge is 2.01. The minimum absolute atomic E-state index is 0.887. The van der Waals surface area contributed by atoms with Crippen LogP contribution in [0.25, 0.3) is 0 Å². The van der Waals surface area contributed by atoms with Crippen LogP contribution in [-0.4, -0.2) is 11.5 Å². The predicted molar refractivity (Wildman–Crippen MR) is 62.6 cm³/mol. The molecule has 0 bridgehead atoms. The van der Waals surface area contributed by atoms with Crippen LogP contribution in [0.1, 0.15) is 19.8 Å². The van der Waals surface area contributed by atoms with E-state index in [1.165, 1.54) is 5.57 Å². The highest BCUT2D eigenvalue weighted by molar-refractivity contribution is 7.80. The second kappa shape index (κ2) is 5.07. The van der Waals surface area contributed by atoms with Gasteiger partial charge in [-0.2, -0.15) is 12.6 Å². The zero-order chi connectivity index (χ0) is 9.68. The Kier molecular flexibility index (Phi) is 4.03. The van der Waals surface area contributed by atoms with Gasteiger partial charge in [0.05, 0.1) is 0 Å². The van der Waals surface area contributed by atoms with Crippen molar-refractivity contribution in [3.05, 3.63) is 36.1 Å². The molecule has 0 unspecified atom stereocenters. The molecule has 1 aliphatic heterocycles. The summed E-state index contributed by atoms with van der Waals surface area (Å²) in [5, 5.41) is 0. The Labute approximate surface area is 85.4 Å². The monoisotopic (exact) mass is 193 g/mol. The van der Waals surface area contributed by atoms with E-state index in [0.29, 0.717) is 0 Å². The molecule has 0 saturated carbocycles. The van der Waals surface area contributed by atoms with Gasteiger partial charge in [0.25, 0.3) is 0 Å². The minimum Gasteiger partial charge on any atom is -0.261 e. The summed E-state index contributed by atoms with van der Waals surface area (Å²) < 4.78 is 0. The molecule has 1 nitrogen and oxygen atoms in total. The van der Waals surface area contributed by atoms with Gasteiger partial charge >= 0.3 is 0 Å². The molecule has 0 aliphatic carbocycles. The quantitative estimate of drug-likeness (QED) is 0.661. The maximum atomic E-state index is 4.31. The van der Waals surface area contributed by atoms with Gasteiger partial charge in [-0.3, -0.25) is 4.99 Å². The lowest BCUT2D eigenvalue weighted by molar-refractivity contribution is 1.16. The van der Waals surface area contributed by atoms with Crippen molar-refractivity contribution >= 4 is 18.3 Å². The van der Waals surface area contributed by atoms with E-state index in [9.17, 15) is 0 Å². The number of hydrogen-bond donors (Lipinski definition) is 1. The average molecular weight is 193 g/mol. The molecule has 2 heteroatoms. The highest BCUT2D eigenvalue weighted by atomic mass is 32.1. The van der Waals surface area contributed by atoms with Gasteiger partial charge < -0.3 is 0 Å². The lowest BCUT2D eigenvalue weighted by Gasteiger charge is -1.99. The van der Waals surface area contributed by atoms with E-state index in [1.807, 2.05) is 19.2 Å². The molecule has 1 aliphatic rings. The Morgan fingerprint density at radius 2 is 2.46 bits per heavy atom. The van der Waals surface area contributed by atoms with Crippen molar-refractivity contribution in [2.75, 3.05) is 5.75 Å². The second-order valence-corrected chi connectivity index (χ2v) is 3.58. The third-order valence-electron chi connectivity index (χ3n) is 1.97. The zero-order valence-electron chi connectivity index (χ0n) is 7.95. The molecule has 1 rings (SSSR count). The fraction of sp³-hybridized carbons (Fsp3) is 0.364. The molecule has 13 heavy (non-hydrogen) atoms. The van der Waals surface area contributed by atoms with Crippen molar-refractivity contribution in [3.8, 4) is 0 Å². The molecule has 70 valence electrons. The first-order valence-electron chi connectivity index (χ1n) is 4.43. The second-order valence-electron chi connectivity index (χ2n) is 3.13. The third kappa shape index (κ3) is 3.23. The summed E-state index contributed by atoms with van der Waals surface area (Å²) in [7, 11) is 0. The van der Waals surface area contributed by atoms with Crippen LogP contribution in [0.3, 0.4) is 0 Å². The van der Waals surface area contributed by atoms with E-state index in [1.54, 1.807) is 0 Å². The fourth-order valence-corrected chi connectivity index (χ4v) is 1.43. The van der Waals surface area contributed by atoms with E-state index < -0.39 is 0 Å². The number of aliphatic imine (C=N–C) groups is 1. The normalized spacial score (nSPS) is 16.2. The number of allylic oxidation sites excluding steroid dienone is 4. The number of thiol groups is 1. The number of nitrogens with zero attached hydrogens (tertiary/aromatic N) is 1. The highest BCUT2D eigenvalue weighted by Crippen LogP contribution is 2.12. The molecule has 0 amide bonds. The maximum absolute atomic E-state index is 4.31. The van der Waals surface area contributed by atoms with Crippen LogP contribution in [0.5, 0.6) is 0 Å². The van der Waals surface area contributed by atoms with Gasteiger partial charge in [-0.15, -0.1) is 0 Å². The number of rotatable bonds is 3. The zero-order valence-corrected chi connectivity index (χ0v) is 8.85. The lowest BCUT2D eigenvalue weighted by Crippen LogP contribution is -1.95. The van der Waals surface area contributed by atoms with Crippen LogP contribution >= 0.6 is 12.6 Å². The standard InChI is InChI=1S/C11H15NS/c1-9(2)11-4-3-10(6-8-13)5-7-12-11/h3,5,7,13H,1,4,6,8H2,2H3. The summed E-state index contributed by atoms with van der Waals surface area (Å²) in [5.41, 5.74) is 3.44. The SMILES string of the molecule is C=C(C)C1=NC=CC(CCS)=CC1. The summed E-state index contributed by atoms with van der Waals surface area (Å²) in [6.45, 7) is 5.87. The van der Waals surface area contributed by atoms with Crippen LogP contribution in [0.2, 0.25) is 0 Å². The Morgan fingerprint density at radius 3 is 3.08 bits per heavy atom. The van der Waals surface area contributed by atoms with Crippen molar-refractivity contribution in [1.29, 1.82) is 0 Å². The summed E-state index contributed by atoms with van der Waals surface area (Å²) in [4.78, 5) is 4.31. The van der Waals surface area contributed by atoms with E-state index in [2.05, 4.69) is 30.3 Å². The molecule has 1 heterocycles. The Balaban J connectivity index is 2.68. The van der Waals surface area contributed by atoms with Gasteiger partial charge in [0.1, 0.15) is 0 Å². The van der Waals surface area contributed by atoms with Gasteiger partial charge in [0, 0.05) is 18.3 Å². The number of hydrogen-bond acceptors (Lipinski definition) is 2. The molecule has 0 aromatic carbocycles. The fourth-order valence-electron chi connectivity index (χ4n) is 1.17. The molecule has 0 radical (unpaired) electrons. The maximum Gasteiger partial charge on any atom is 0.0464 e. The molecular weight excluding hydrogens is 178 g/mol. The molecule has 0 spiro atoms. The van der Waals surface area contributed by atoms with Crippen molar-refractivity contribution < 1.29 is 0 Å².